The highest BCUT2D eigenvalue weighted by Gasteiger charge is 2.17. The molecule has 0 aliphatic rings. The zero-order valence-corrected chi connectivity index (χ0v) is 17.3. The monoisotopic (exact) mass is 432 g/mol. The molecule has 3 aromatic rings. The molecule has 9 nitrogen and oxygen atoms in total. The van der Waals surface area contributed by atoms with Gasteiger partial charge in [-0.2, -0.15) is 0 Å². The highest BCUT2D eigenvalue weighted by Crippen LogP contribution is 2.24. The van der Waals surface area contributed by atoms with Crippen LogP contribution in [0.5, 0.6) is 5.75 Å². The molecule has 3 amide bonds. The summed E-state index contributed by atoms with van der Waals surface area (Å²) in [5, 5.41) is 7.79. The molecule has 0 atom stereocenters. The van der Waals surface area contributed by atoms with Gasteiger partial charge in [-0.1, -0.05) is 0 Å². The smallest absolute Gasteiger partial charge is 0.345 e. The average Bonchev–Trinajstić information content (AvgIpc) is 2.80. The number of nitrogens with one attached hydrogen (secondary N) is 3. The zero-order valence-electron chi connectivity index (χ0n) is 17.3. The third-order valence-electron chi connectivity index (χ3n) is 4.29. The van der Waals surface area contributed by atoms with Crippen LogP contribution in [-0.4, -0.2) is 35.7 Å². The van der Waals surface area contributed by atoms with E-state index in [1.165, 1.54) is 44.6 Å². The molecule has 9 heteroatoms. The summed E-state index contributed by atoms with van der Waals surface area (Å²) in [6, 6.07) is 13.7. The molecule has 0 saturated heterocycles. The molecular weight excluding hydrogens is 412 g/mol. The van der Waals surface area contributed by atoms with Crippen molar-refractivity contribution in [2.75, 3.05) is 17.7 Å². The standard InChI is InChI=1S/C23H20N4O5/c1-14(28)26-17-7-5-15(6-8-17)21(29)27-20-10-9-18(12-19(20)22(30)24-2)32-23(31)16-4-3-11-25-13-16/h3-13H,1-2H3,(H,24,30)(H,26,28)(H,27,29). The largest absolute Gasteiger partial charge is 0.423 e. The Kier molecular flexibility index (Phi) is 6.92. The maximum atomic E-state index is 12.6. The fraction of sp³-hybridized carbons (Fsp3) is 0.0870. The summed E-state index contributed by atoms with van der Waals surface area (Å²) in [6.45, 7) is 1.39. The van der Waals surface area contributed by atoms with Crippen LogP contribution in [0.1, 0.15) is 38.0 Å². The third kappa shape index (κ3) is 5.54. The van der Waals surface area contributed by atoms with Gasteiger partial charge in [0.15, 0.2) is 0 Å². The van der Waals surface area contributed by atoms with Crippen LogP contribution in [0.2, 0.25) is 0 Å². The summed E-state index contributed by atoms with van der Waals surface area (Å²) in [4.78, 5) is 52.2. The first-order valence-corrected chi connectivity index (χ1v) is 9.54. The van der Waals surface area contributed by atoms with Crippen LogP contribution in [0.15, 0.2) is 67.0 Å². The fourth-order valence-electron chi connectivity index (χ4n) is 2.77. The van der Waals surface area contributed by atoms with E-state index in [-0.39, 0.29) is 28.5 Å². The zero-order chi connectivity index (χ0) is 23.1. The molecule has 0 saturated carbocycles. The van der Waals surface area contributed by atoms with Crippen molar-refractivity contribution in [2.24, 2.45) is 0 Å². The molecule has 3 N–H and O–H groups in total. The third-order valence-corrected chi connectivity index (χ3v) is 4.29. The molecule has 0 unspecified atom stereocenters. The van der Waals surface area contributed by atoms with E-state index in [1.807, 2.05) is 0 Å². The Morgan fingerprint density at radius 1 is 0.875 bits per heavy atom. The molecule has 0 bridgehead atoms. The second-order valence-electron chi connectivity index (χ2n) is 6.63. The second kappa shape index (κ2) is 9.98. The number of amides is 3. The van der Waals surface area contributed by atoms with Gasteiger partial charge < -0.3 is 20.7 Å². The molecule has 3 rings (SSSR count). The highest BCUT2D eigenvalue weighted by atomic mass is 16.5. The van der Waals surface area contributed by atoms with Crippen LogP contribution < -0.4 is 20.7 Å². The lowest BCUT2D eigenvalue weighted by Crippen LogP contribution is -2.22. The van der Waals surface area contributed by atoms with Crippen LogP contribution in [0.25, 0.3) is 0 Å². The van der Waals surface area contributed by atoms with Crippen molar-refractivity contribution in [3.8, 4) is 5.75 Å². The maximum absolute atomic E-state index is 12.6. The van der Waals surface area contributed by atoms with E-state index in [1.54, 1.807) is 36.4 Å². The predicted octanol–water partition coefficient (Wildman–Crippen LogP) is 2.87. The topological polar surface area (TPSA) is 126 Å². The van der Waals surface area contributed by atoms with Crippen LogP contribution in [0.3, 0.4) is 0 Å². The van der Waals surface area contributed by atoms with Crippen molar-refractivity contribution in [1.29, 1.82) is 0 Å². The molecule has 1 heterocycles. The van der Waals surface area contributed by atoms with Crippen LogP contribution in [0.4, 0.5) is 11.4 Å². The molecular formula is C23H20N4O5. The van der Waals surface area contributed by atoms with Gasteiger partial charge in [-0.25, -0.2) is 4.79 Å². The second-order valence-corrected chi connectivity index (χ2v) is 6.63. The number of hydrogen-bond acceptors (Lipinski definition) is 6. The molecule has 1 aromatic heterocycles. The van der Waals surface area contributed by atoms with Gasteiger partial charge >= 0.3 is 5.97 Å². The van der Waals surface area contributed by atoms with Gasteiger partial charge in [0.05, 0.1) is 16.8 Å². The van der Waals surface area contributed by atoms with Crippen LogP contribution in [-0.2, 0) is 4.79 Å². The number of benzene rings is 2. The summed E-state index contributed by atoms with van der Waals surface area (Å²) in [6.07, 6.45) is 2.90. The van der Waals surface area contributed by atoms with Crippen molar-refractivity contribution in [1.82, 2.24) is 10.3 Å². The quantitative estimate of drug-likeness (QED) is 0.406. The number of carbonyl (C=O) groups excluding carboxylic acids is 4. The van der Waals surface area contributed by atoms with E-state index < -0.39 is 17.8 Å². The number of rotatable bonds is 6. The number of esters is 1. The minimum Gasteiger partial charge on any atom is -0.423 e. The first kappa shape index (κ1) is 22.2. The van der Waals surface area contributed by atoms with E-state index in [9.17, 15) is 19.2 Å². The van der Waals surface area contributed by atoms with Crippen molar-refractivity contribution in [2.45, 2.75) is 6.92 Å². The average molecular weight is 432 g/mol. The van der Waals surface area contributed by atoms with Crippen LogP contribution in [0, 0.1) is 0 Å². The number of aromatic nitrogens is 1. The first-order chi connectivity index (χ1) is 15.4. The van der Waals surface area contributed by atoms with Gasteiger partial charge in [0, 0.05) is 37.6 Å². The van der Waals surface area contributed by atoms with Gasteiger partial charge in [-0.15, -0.1) is 0 Å². The number of pyridine rings is 1. The van der Waals surface area contributed by atoms with Crippen molar-refractivity contribution >= 4 is 35.1 Å². The molecule has 162 valence electrons. The Morgan fingerprint density at radius 2 is 1.62 bits per heavy atom. The Labute approximate surface area is 183 Å². The Hall–Kier alpha value is -4.53. The number of nitrogens with zero attached hydrogens (tertiary/aromatic N) is 1. The van der Waals surface area contributed by atoms with Crippen molar-refractivity contribution < 1.29 is 23.9 Å². The molecule has 0 aliphatic carbocycles. The molecule has 0 aliphatic heterocycles. The summed E-state index contributed by atoms with van der Waals surface area (Å²) in [5.74, 6) is -1.64. The minimum atomic E-state index is -0.628. The lowest BCUT2D eigenvalue weighted by atomic mass is 10.1. The molecule has 0 spiro atoms. The molecule has 0 fully saturated rings. The lowest BCUT2D eigenvalue weighted by Gasteiger charge is -2.13. The summed E-state index contributed by atoms with van der Waals surface area (Å²) in [7, 11) is 1.45. The summed E-state index contributed by atoms with van der Waals surface area (Å²) >= 11 is 0. The number of ether oxygens (including phenoxy) is 1. The van der Waals surface area contributed by atoms with Gasteiger partial charge in [-0.05, 0) is 54.6 Å². The highest BCUT2D eigenvalue weighted by molar-refractivity contribution is 6.09. The molecule has 0 radical (unpaired) electrons. The van der Waals surface area contributed by atoms with Crippen LogP contribution >= 0.6 is 0 Å². The Balaban J connectivity index is 1.79. The van der Waals surface area contributed by atoms with E-state index in [2.05, 4.69) is 20.9 Å². The Morgan fingerprint density at radius 3 is 2.25 bits per heavy atom. The number of anilines is 2. The normalized spacial score (nSPS) is 10.1. The summed E-state index contributed by atoms with van der Waals surface area (Å²) in [5.41, 5.74) is 1.50. The number of hydrogen-bond donors (Lipinski definition) is 3. The van der Waals surface area contributed by atoms with Gasteiger partial charge in [0.25, 0.3) is 11.8 Å². The van der Waals surface area contributed by atoms with Crippen molar-refractivity contribution in [3.05, 3.63) is 83.7 Å². The molecule has 32 heavy (non-hydrogen) atoms. The first-order valence-electron chi connectivity index (χ1n) is 9.54. The Bertz CT molecular complexity index is 1160. The van der Waals surface area contributed by atoms with Gasteiger partial charge in [0.2, 0.25) is 5.91 Å². The summed E-state index contributed by atoms with van der Waals surface area (Å²) < 4.78 is 5.32. The number of carbonyl (C=O) groups is 4. The SMILES string of the molecule is CNC(=O)c1cc(OC(=O)c2cccnc2)ccc1NC(=O)c1ccc(NC(C)=O)cc1. The molecule has 2 aromatic carbocycles. The maximum Gasteiger partial charge on any atom is 0.345 e. The van der Waals surface area contributed by atoms with E-state index >= 15 is 0 Å². The lowest BCUT2D eigenvalue weighted by molar-refractivity contribution is -0.114. The van der Waals surface area contributed by atoms with Gasteiger partial charge in [-0.3, -0.25) is 19.4 Å². The van der Waals surface area contributed by atoms with Gasteiger partial charge in [0.1, 0.15) is 5.75 Å². The fourth-order valence-corrected chi connectivity index (χ4v) is 2.77. The van der Waals surface area contributed by atoms with E-state index in [0.29, 0.717) is 11.3 Å². The van der Waals surface area contributed by atoms with E-state index in [0.717, 1.165) is 0 Å². The predicted molar refractivity (Wildman–Crippen MR) is 118 cm³/mol. The minimum absolute atomic E-state index is 0.118. The van der Waals surface area contributed by atoms with Crippen molar-refractivity contribution in [3.63, 3.8) is 0 Å². The van der Waals surface area contributed by atoms with E-state index in [4.69, 9.17) is 4.74 Å².